The zero-order valence-electron chi connectivity index (χ0n) is 16.7. The molecule has 0 bridgehead atoms. The van der Waals surface area contributed by atoms with Crippen molar-refractivity contribution in [3.63, 3.8) is 0 Å². The molecule has 1 unspecified atom stereocenters. The molecule has 1 saturated carbocycles. The molecule has 2 aromatic heterocycles. The zero-order chi connectivity index (χ0) is 19.1. The fraction of sp³-hybridized carbons (Fsp3) is 0.684. The van der Waals surface area contributed by atoms with Crippen LogP contribution in [0.15, 0.2) is 6.07 Å². The van der Waals surface area contributed by atoms with Crippen LogP contribution < -0.4 is 15.1 Å². The van der Waals surface area contributed by atoms with Crippen molar-refractivity contribution < 1.29 is 0 Å². The van der Waals surface area contributed by atoms with Crippen molar-refractivity contribution in [3.8, 4) is 0 Å². The molecule has 150 valence electrons. The van der Waals surface area contributed by atoms with Crippen LogP contribution in [0, 0.1) is 0 Å². The Balaban J connectivity index is 1.43. The van der Waals surface area contributed by atoms with Crippen LogP contribution in [0.1, 0.15) is 44.2 Å². The van der Waals surface area contributed by atoms with Crippen molar-refractivity contribution in [2.24, 2.45) is 0 Å². The Hall–Kier alpha value is -2.42. The molecule has 0 spiro atoms. The Morgan fingerprint density at radius 2 is 1.79 bits per heavy atom. The van der Waals surface area contributed by atoms with Crippen LogP contribution in [0.3, 0.4) is 0 Å². The number of H-pyrrole nitrogens is 1. The highest BCUT2D eigenvalue weighted by atomic mass is 15.4. The Morgan fingerprint density at radius 1 is 1.00 bits per heavy atom. The van der Waals surface area contributed by atoms with Gasteiger partial charge in [0.1, 0.15) is 0 Å². The number of likely N-dealkylation sites (N-methyl/N-ethyl adjacent to an activating group) is 1. The molecule has 9 heteroatoms. The summed E-state index contributed by atoms with van der Waals surface area (Å²) < 4.78 is 0. The number of aromatic nitrogens is 5. The van der Waals surface area contributed by atoms with Crippen molar-refractivity contribution in [3.05, 3.63) is 11.8 Å². The summed E-state index contributed by atoms with van der Waals surface area (Å²) in [5, 5.41) is 10.8. The predicted molar refractivity (Wildman–Crippen MR) is 109 cm³/mol. The first-order valence-corrected chi connectivity index (χ1v) is 10.4. The fourth-order valence-corrected chi connectivity index (χ4v) is 4.04. The lowest BCUT2D eigenvalue weighted by atomic mass is 10.2. The van der Waals surface area contributed by atoms with Crippen LogP contribution in [0.4, 0.5) is 23.7 Å². The summed E-state index contributed by atoms with van der Waals surface area (Å²) in [5.74, 6) is 3.53. The topological polar surface area (TPSA) is 89.1 Å². The molecular formula is C19H29N9. The second-order valence-electron chi connectivity index (χ2n) is 8.34. The van der Waals surface area contributed by atoms with Crippen molar-refractivity contribution in [2.75, 3.05) is 54.9 Å². The van der Waals surface area contributed by atoms with E-state index in [4.69, 9.17) is 15.0 Å². The Kier molecular flexibility index (Phi) is 4.54. The molecule has 5 rings (SSSR count). The molecule has 1 atom stereocenters. The van der Waals surface area contributed by atoms with E-state index in [2.05, 4.69) is 50.3 Å². The van der Waals surface area contributed by atoms with E-state index in [9.17, 15) is 0 Å². The van der Waals surface area contributed by atoms with Crippen molar-refractivity contribution >= 4 is 23.7 Å². The Morgan fingerprint density at radius 3 is 2.50 bits per heavy atom. The normalized spacial score (nSPS) is 23.4. The molecule has 3 fully saturated rings. The highest BCUT2D eigenvalue weighted by molar-refractivity contribution is 5.54. The molecule has 28 heavy (non-hydrogen) atoms. The number of nitrogens with one attached hydrogen (secondary N) is 2. The smallest absolute Gasteiger partial charge is 0.235 e. The third-order valence-corrected chi connectivity index (χ3v) is 6.06. The van der Waals surface area contributed by atoms with Crippen LogP contribution in [-0.2, 0) is 0 Å². The zero-order valence-corrected chi connectivity index (χ0v) is 16.7. The molecule has 2 aromatic rings. The van der Waals surface area contributed by atoms with Gasteiger partial charge in [0.25, 0.3) is 0 Å². The van der Waals surface area contributed by atoms with Gasteiger partial charge in [-0.1, -0.05) is 0 Å². The van der Waals surface area contributed by atoms with Crippen molar-refractivity contribution in [1.29, 1.82) is 0 Å². The standard InChI is InChI=1S/C19H29N9/c1-13-4-3-7-28(13)19-22-17(20-16-12-15(24-25-16)14-5-6-14)21-18(23-19)27-10-8-26(2)9-11-27/h12-14H,3-11H2,1-2H3,(H2,20,21,22,23,24,25). The summed E-state index contributed by atoms with van der Waals surface area (Å²) in [5.41, 5.74) is 1.20. The SMILES string of the molecule is CC1CCCN1c1nc(Nc2cc(C3CC3)[nH]n2)nc(N2CCN(C)CC2)n1. The average Bonchev–Trinajstić information content (AvgIpc) is 3.29. The lowest BCUT2D eigenvalue weighted by Crippen LogP contribution is -2.45. The van der Waals surface area contributed by atoms with E-state index in [1.54, 1.807) is 0 Å². The average molecular weight is 384 g/mol. The predicted octanol–water partition coefficient (Wildman–Crippen LogP) is 1.96. The third kappa shape index (κ3) is 3.63. The number of aromatic amines is 1. The molecule has 9 nitrogen and oxygen atoms in total. The monoisotopic (exact) mass is 383 g/mol. The summed E-state index contributed by atoms with van der Waals surface area (Å²) in [6.07, 6.45) is 4.86. The minimum absolute atomic E-state index is 0.461. The van der Waals surface area contributed by atoms with Gasteiger partial charge in [0, 0.05) is 56.4 Å². The molecule has 3 aliphatic rings. The lowest BCUT2D eigenvalue weighted by Gasteiger charge is -2.33. The molecular weight excluding hydrogens is 354 g/mol. The van der Waals surface area contributed by atoms with Gasteiger partial charge in [0.05, 0.1) is 0 Å². The van der Waals surface area contributed by atoms with E-state index in [0.29, 0.717) is 17.9 Å². The number of hydrogen-bond acceptors (Lipinski definition) is 8. The Labute approximate surface area is 165 Å². The van der Waals surface area contributed by atoms with Crippen LogP contribution in [0.2, 0.25) is 0 Å². The van der Waals surface area contributed by atoms with Gasteiger partial charge in [-0.05, 0) is 39.7 Å². The van der Waals surface area contributed by atoms with E-state index in [-0.39, 0.29) is 0 Å². The Bertz CT molecular complexity index is 823. The molecule has 0 aromatic carbocycles. The quantitative estimate of drug-likeness (QED) is 0.810. The first-order valence-electron chi connectivity index (χ1n) is 10.4. The number of piperazine rings is 1. The summed E-state index contributed by atoms with van der Waals surface area (Å²) in [6.45, 7) is 7.16. The van der Waals surface area contributed by atoms with Gasteiger partial charge < -0.3 is 20.0 Å². The van der Waals surface area contributed by atoms with Gasteiger partial charge in [-0.15, -0.1) is 0 Å². The molecule has 0 radical (unpaired) electrons. The fourth-order valence-electron chi connectivity index (χ4n) is 4.04. The lowest BCUT2D eigenvalue weighted by molar-refractivity contribution is 0.311. The van der Waals surface area contributed by atoms with Gasteiger partial charge in [-0.25, -0.2) is 0 Å². The maximum atomic E-state index is 4.84. The number of rotatable bonds is 5. The molecule has 4 heterocycles. The summed E-state index contributed by atoms with van der Waals surface area (Å²) in [6, 6.07) is 2.54. The van der Waals surface area contributed by atoms with E-state index >= 15 is 0 Å². The van der Waals surface area contributed by atoms with Crippen LogP contribution in [0.25, 0.3) is 0 Å². The van der Waals surface area contributed by atoms with Crippen molar-refractivity contribution in [1.82, 2.24) is 30.0 Å². The largest absolute Gasteiger partial charge is 0.338 e. The minimum Gasteiger partial charge on any atom is -0.338 e. The molecule has 2 saturated heterocycles. The second-order valence-corrected chi connectivity index (χ2v) is 8.34. The number of hydrogen-bond donors (Lipinski definition) is 2. The van der Waals surface area contributed by atoms with Crippen LogP contribution in [-0.4, -0.2) is 75.9 Å². The van der Waals surface area contributed by atoms with Gasteiger partial charge >= 0.3 is 0 Å². The number of anilines is 4. The van der Waals surface area contributed by atoms with Gasteiger partial charge in [0.2, 0.25) is 17.8 Å². The first kappa shape index (κ1) is 17.7. The summed E-state index contributed by atoms with van der Waals surface area (Å²) in [4.78, 5) is 21.2. The van der Waals surface area contributed by atoms with Crippen LogP contribution in [0.5, 0.6) is 0 Å². The summed E-state index contributed by atoms with van der Waals surface area (Å²) in [7, 11) is 2.16. The van der Waals surface area contributed by atoms with Gasteiger partial charge in [0.15, 0.2) is 5.82 Å². The molecule has 1 aliphatic carbocycles. The van der Waals surface area contributed by atoms with E-state index in [1.165, 1.54) is 31.4 Å². The maximum Gasteiger partial charge on any atom is 0.235 e. The first-order chi connectivity index (χ1) is 13.7. The van der Waals surface area contributed by atoms with Gasteiger partial charge in [-0.2, -0.15) is 20.1 Å². The minimum atomic E-state index is 0.461. The van der Waals surface area contributed by atoms with E-state index in [1.807, 2.05) is 0 Å². The summed E-state index contributed by atoms with van der Waals surface area (Å²) >= 11 is 0. The van der Waals surface area contributed by atoms with Crippen LogP contribution >= 0.6 is 0 Å². The molecule has 0 amide bonds. The highest BCUT2D eigenvalue weighted by Crippen LogP contribution is 2.39. The second kappa shape index (κ2) is 7.20. The number of nitrogens with zero attached hydrogens (tertiary/aromatic N) is 7. The maximum absolute atomic E-state index is 4.84. The highest BCUT2D eigenvalue weighted by Gasteiger charge is 2.27. The molecule has 2 N–H and O–H groups in total. The van der Waals surface area contributed by atoms with Gasteiger partial charge in [-0.3, -0.25) is 5.10 Å². The third-order valence-electron chi connectivity index (χ3n) is 6.06. The van der Waals surface area contributed by atoms with E-state index in [0.717, 1.165) is 50.4 Å². The molecule has 2 aliphatic heterocycles. The van der Waals surface area contributed by atoms with Crippen molar-refractivity contribution in [2.45, 2.75) is 44.6 Å². The van der Waals surface area contributed by atoms with E-state index < -0.39 is 0 Å².